The lowest BCUT2D eigenvalue weighted by Crippen LogP contribution is -2.41. The standard InChI is InChI=1S/C20H22ClNO4S/c1-26-19-13-12-16(14-18(19)21)22(20(23)15-8-4-2-5-9-15)27(24,25)17-10-6-3-7-11-17/h3,6-7,10-15H,2,4-5,8-9H2,1H3. The molecule has 1 amide bonds. The van der Waals surface area contributed by atoms with Crippen molar-refractivity contribution in [3.05, 3.63) is 53.6 Å². The van der Waals surface area contributed by atoms with Crippen molar-refractivity contribution < 1.29 is 17.9 Å². The lowest BCUT2D eigenvalue weighted by molar-refractivity contribution is -0.122. The zero-order valence-electron chi connectivity index (χ0n) is 15.1. The molecule has 2 aromatic rings. The van der Waals surface area contributed by atoms with Gasteiger partial charge in [0, 0.05) is 5.92 Å². The number of carbonyl (C=O) groups excluding carboxylic acids is 1. The molecule has 1 aliphatic carbocycles. The van der Waals surface area contributed by atoms with E-state index in [2.05, 4.69) is 0 Å². The Morgan fingerprint density at radius 3 is 2.33 bits per heavy atom. The monoisotopic (exact) mass is 407 g/mol. The summed E-state index contributed by atoms with van der Waals surface area (Å²) < 4.78 is 32.7. The third-order valence-electron chi connectivity index (χ3n) is 4.81. The number of hydrogen-bond acceptors (Lipinski definition) is 4. The molecule has 2 aromatic carbocycles. The fourth-order valence-electron chi connectivity index (χ4n) is 3.38. The number of sulfonamides is 1. The van der Waals surface area contributed by atoms with Gasteiger partial charge in [-0.1, -0.05) is 49.1 Å². The molecule has 0 atom stereocenters. The molecule has 0 aromatic heterocycles. The number of carbonyl (C=O) groups is 1. The number of ether oxygens (including phenoxy) is 1. The van der Waals surface area contributed by atoms with Crippen LogP contribution in [0.5, 0.6) is 5.75 Å². The smallest absolute Gasteiger partial charge is 0.270 e. The van der Waals surface area contributed by atoms with Crippen molar-refractivity contribution in [2.45, 2.75) is 37.0 Å². The van der Waals surface area contributed by atoms with E-state index in [1.807, 2.05) is 0 Å². The molecule has 0 radical (unpaired) electrons. The minimum Gasteiger partial charge on any atom is -0.495 e. The molecule has 0 bridgehead atoms. The van der Waals surface area contributed by atoms with E-state index < -0.39 is 15.9 Å². The molecule has 27 heavy (non-hydrogen) atoms. The van der Waals surface area contributed by atoms with Crippen molar-refractivity contribution in [1.82, 2.24) is 0 Å². The number of amides is 1. The van der Waals surface area contributed by atoms with Crippen LogP contribution in [0.3, 0.4) is 0 Å². The number of nitrogens with zero attached hydrogens (tertiary/aromatic N) is 1. The van der Waals surface area contributed by atoms with Gasteiger partial charge in [-0.05, 0) is 43.2 Å². The summed E-state index contributed by atoms with van der Waals surface area (Å²) in [6, 6.07) is 12.6. The van der Waals surface area contributed by atoms with Gasteiger partial charge in [-0.15, -0.1) is 0 Å². The Morgan fingerprint density at radius 1 is 1.07 bits per heavy atom. The fraction of sp³-hybridized carbons (Fsp3) is 0.350. The van der Waals surface area contributed by atoms with Crippen LogP contribution in [-0.2, 0) is 14.8 Å². The highest BCUT2D eigenvalue weighted by atomic mass is 35.5. The lowest BCUT2D eigenvalue weighted by atomic mass is 9.88. The molecule has 5 nitrogen and oxygen atoms in total. The molecule has 0 aliphatic heterocycles. The topological polar surface area (TPSA) is 63.7 Å². The molecular formula is C20H22ClNO4S. The van der Waals surface area contributed by atoms with E-state index in [1.165, 1.54) is 25.3 Å². The van der Waals surface area contributed by atoms with Gasteiger partial charge in [0.2, 0.25) is 5.91 Å². The average Bonchev–Trinajstić information content (AvgIpc) is 2.69. The van der Waals surface area contributed by atoms with Crippen molar-refractivity contribution >= 4 is 33.2 Å². The molecule has 0 spiro atoms. The predicted molar refractivity (Wildman–Crippen MR) is 106 cm³/mol. The Labute approximate surface area is 165 Å². The number of benzene rings is 2. The van der Waals surface area contributed by atoms with Crippen molar-refractivity contribution in [1.29, 1.82) is 0 Å². The van der Waals surface area contributed by atoms with Gasteiger partial charge < -0.3 is 4.74 Å². The second kappa shape index (κ2) is 8.31. The number of anilines is 1. The number of halogens is 1. The molecule has 144 valence electrons. The van der Waals surface area contributed by atoms with Gasteiger partial charge in [0.25, 0.3) is 10.0 Å². The van der Waals surface area contributed by atoms with Crippen LogP contribution in [0, 0.1) is 5.92 Å². The third kappa shape index (κ3) is 4.12. The molecule has 3 rings (SSSR count). The van der Waals surface area contributed by atoms with Crippen LogP contribution >= 0.6 is 11.6 Å². The van der Waals surface area contributed by atoms with Crippen molar-refractivity contribution in [2.75, 3.05) is 11.4 Å². The van der Waals surface area contributed by atoms with Crippen LogP contribution in [0.1, 0.15) is 32.1 Å². The van der Waals surface area contributed by atoms with E-state index in [4.69, 9.17) is 16.3 Å². The van der Waals surface area contributed by atoms with Gasteiger partial charge >= 0.3 is 0 Å². The molecule has 1 saturated carbocycles. The van der Waals surface area contributed by atoms with Crippen LogP contribution in [-0.4, -0.2) is 21.4 Å². The van der Waals surface area contributed by atoms with Gasteiger partial charge in [-0.2, -0.15) is 0 Å². The summed E-state index contributed by atoms with van der Waals surface area (Å²) in [7, 11) is -2.58. The molecule has 0 heterocycles. The molecular weight excluding hydrogens is 386 g/mol. The van der Waals surface area contributed by atoms with Crippen molar-refractivity contribution in [2.24, 2.45) is 5.92 Å². The first-order valence-electron chi connectivity index (χ1n) is 8.93. The Bertz CT molecular complexity index is 909. The van der Waals surface area contributed by atoms with E-state index in [0.717, 1.165) is 23.6 Å². The van der Waals surface area contributed by atoms with E-state index >= 15 is 0 Å². The number of hydrogen-bond donors (Lipinski definition) is 0. The van der Waals surface area contributed by atoms with Gasteiger partial charge in [0.05, 0.1) is 22.7 Å². The van der Waals surface area contributed by atoms with Gasteiger partial charge in [-0.25, -0.2) is 12.7 Å². The Morgan fingerprint density at radius 2 is 1.74 bits per heavy atom. The highest BCUT2D eigenvalue weighted by Crippen LogP contribution is 2.35. The molecule has 1 aliphatic rings. The molecule has 0 unspecified atom stereocenters. The first kappa shape index (κ1) is 19.7. The minimum atomic E-state index is -4.05. The second-order valence-corrected chi connectivity index (χ2v) is 8.77. The average molecular weight is 408 g/mol. The summed E-state index contributed by atoms with van der Waals surface area (Å²) >= 11 is 6.20. The van der Waals surface area contributed by atoms with Crippen molar-refractivity contribution in [3.63, 3.8) is 0 Å². The maximum atomic E-state index is 13.3. The molecule has 7 heteroatoms. The first-order valence-corrected chi connectivity index (χ1v) is 10.7. The summed E-state index contributed by atoms with van der Waals surface area (Å²) in [5.74, 6) is -0.291. The lowest BCUT2D eigenvalue weighted by Gasteiger charge is -2.29. The summed E-state index contributed by atoms with van der Waals surface area (Å²) in [5.41, 5.74) is 0.222. The summed E-state index contributed by atoms with van der Waals surface area (Å²) in [6.45, 7) is 0. The van der Waals surface area contributed by atoms with Crippen LogP contribution in [0.4, 0.5) is 5.69 Å². The van der Waals surface area contributed by atoms with Gasteiger partial charge in [-0.3, -0.25) is 4.79 Å². The SMILES string of the molecule is COc1ccc(N(C(=O)C2CCCCC2)S(=O)(=O)c2ccccc2)cc1Cl. The van der Waals surface area contributed by atoms with E-state index in [-0.39, 0.29) is 21.5 Å². The number of rotatable bonds is 5. The highest BCUT2D eigenvalue weighted by molar-refractivity contribution is 7.93. The van der Waals surface area contributed by atoms with E-state index in [1.54, 1.807) is 30.3 Å². The minimum absolute atomic E-state index is 0.0705. The quantitative estimate of drug-likeness (QED) is 0.723. The van der Waals surface area contributed by atoms with Gasteiger partial charge in [0.1, 0.15) is 5.75 Å². The maximum Gasteiger partial charge on any atom is 0.270 e. The van der Waals surface area contributed by atoms with Crippen LogP contribution in [0.2, 0.25) is 5.02 Å². The first-order chi connectivity index (χ1) is 12.9. The van der Waals surface area contributed by atoms with Gasteiger partial charge in [0.15, 0.2) is 0 Å². The largest absolute Gasteiger partial charge is 0.495 e. The Hall–Kier alpha value is -2.05. The zero-order valence-corrected chi connectivity index (χ0v) is 16.7. The normalized spacial score (nSPS) is 15.3. The maximum absolute atomic E-state index is 13.3. The van der Waals surface area contributed by atoms with Crippen LogP contribution in [0.15, 0.2) is 53.4 Å². The fourth-order valence-corrected chi connectivity index (χ4v) is 5.12. The number of methoxy groups -OCH3 is 1. The van der Waals surface area contributed by atoms with Crippen LogP contribution < -0.4 is 9.04 Å². The van der Waals surface area contributed by atoms with E-state index in [0.29, 0.717) is 18.6 Å². The predicted octanol–water partition coefficient (Wildman–Crippen LogP) is 4.65. The van der Waals surface area contributed by atoms with Crippen molar-refractivity contribution in [3.8, 4) is 5.75 Å². The summed E-state index contributed by atoms with van der Waals surface area (Å²) in [4.78, 5) is 13.3. The Kier molecular flexibility index (Phi) is 6.07. The third-order valence-corrected chi connectivity index (χ3v) is 6.84. The Balaban J connectivity index is 2.09. The van der Waals surface area contributed by atoms with E-state index in [9.17, 15) is 13.2 Å². The highest BCUT2D eigenvalue weighted by Gasteiger charge is 2.36. The zero-order chi connectivity index (χ0) is 19.4. The molecule has 0 saturated heterocycles. The van der Waals surface area contributed by atoms with Crippen LogP contribution in [0.25, 0.3) is 0 Å². The summed E-state index contributed by atoms with van der Waals surface area (Å²) in [6.07, 6.45) is 4.33. The molecule has 0 N–H and O–H groups in total. The summed E-state index contributed by atoms with van der Waals surface area (Å²) in [5, 5.41) is 0.250. The second-order valence-electron chi connectivity index (χ2n) is 6.57. The molecule has 1 fully saturated rings.